The third-order valence-electron chi connectivity index (χ3n) is 4.73. The average Bonchev–Trinajstić information content (AvgIpc) is 2.63. The smallest absolute Gasteiger partial charge is 0.0991 e. The van der Waals surface area contributed by atoms with Gasteiger partial charge >= 0.3 is 0 Å². The van der Waals surface area contributed by atoms with Crippen molar-refractivity contribution in [2.24, 2.45) is 0 Å². The third-order valence-corrected chi connectivity index (χ3v) is 4.73. The fourth-order valence-corrected chi connectivity index (χ4v) is 3.19. The van der Waals surface area contributed by atoms with Gasteiger partial charge in [-0.05, 0) is 30.2 Å². The van der Waals surface area contributed by atoms with Crippen LogP contribution < -0.4 is 0 Å². The Bertz CT molecular complexity index is 650. The Morgan fingerprint density at radius 1 is 0.957 bits per heavy atom. The molecule has 3 heteroatoms. The Balaban J connectivity index is 1.53. The number of nitrogens with zero attached hydrogens (tertiary/aromatic N) is 3. The van der Waals surface area contributed by atoms with Crippen LogP contribution in [0.5, 0.6) is 0 Å². The molecule has 3 rings (SSSR count). The molecule has 0 N–H and O–H groups in total. The van der Waals surface area contributed by atoms with E-state index in [1.54, 1.807) is 0 Å². The SMILES string of the molecule is C[C@H](c1ccccc1)N1CCN(Cc2ccc(C#N)cc2)CC1. The molecule has 0 unspecified atom stereocenters. The number of piperazine rings is 1. The van der Waals surface area contributed by atoms with Gasteiger partial charge in [-0.2, -0.15) is 5.26 Å². The lowest BCUT2D eigenvalue weighted by atomic mass is 10.1. The van der Waals surface area contributed by atoms with Crippen LogP contribution in [0.2, 0.25) is 0 Å². The summed E-state index contributed by atoms with van der Waals surface area (Å²) in [6.45, 7) is 7.66. The molecule has 118 valence electrons. The van der Waals surface area contributed by atoms with Gasteiger partial charge in [0.15, 0.2) is 0 Å². The third kappa shape index (κ3) is 3.98. The normalized spacial score (nSPS) is 17.6. The van der Waals surface area contributed by atoms with E-state index in [0.717, 1.165) is 38.3 Å². The largest absolute Gasteiger partial charge is 0.297 e. The van der Waals surface area contributed by atoms with Crippen molar-refractivity contribution in [3.05, 3.63) is 71.3 Å². The van der Waals surface area contributed by atoms with E-state index in [4.69, 9.17) is 5.26 Å². The summed E-state index contributed by atoms with van der Waals surface area (Å²) in [6.07, 6.45) is 0. The minimum absolute atomic E-state index is 0.480. The predicted octanol–water partition coefficient (Wildman–Crippen LogP) is 3.44. The zero-order valence-corrected chi connectivity index (χ0v) is 13.7. The van der Waals surface area contributed by atoms with E-state index in [1.165, 1.54) is 11.1 Å². The molecule has 0 radical (unpaired) electrons. The first-order chi connectivity index (χ1) is 11.3. The van der Waals surface area contributed by atoms with E-state index in [0.29, 0.717) is 6.04 Å². The summed E-state index contributed by atoms with van der Waals surface area (Å²) in [5.41, 5.74) is 3.41. The van der Waals surface area contributed by atoms with E-state index < -0.39 is 0 Å². The van der Waals surface area contributed by atoms with Gasteiger partial charge in [0.05, 0.1) is 11.6 Å². The van der Waals surface area contributed by atoms with Gasteiger partial charge in [-0.15, -0.1) is 0 Å². The van der Waals surface area contributed by atoms with Crippen LogP contribution in [0.3, 0.4) is 0 Å². The van der Waals surface area contributed by atoms with Gasteiger partial charge in [-0.3, -0.25) is 9.80 Å². The second-order valence-corrected chi connectivity index (χ2v) is 6.21. The monoisotopic (exact) mass is 305 g/mol. The molecule has 1 aliphatic rings. The molecule has 0 amide bonds. The standard InChI is InChI=1S/C20H23N3/c1-17(20-5-3-2-4-6-20)23-13-11-22(12-14-23)16-19-9-7-18(15-21)8-10-19/h2-10,17H,11-14,16H2,1H3/t17-/m1/s1. The molecule has 0 spiro atoms. The summed E-state index contributed by atoms with van der Waals surface area (Å²) in [5.74, 6) is 0. The van der Waals surface area contributed by atoms with Crippen molar-refractivity contribution in [2.45, 2.75) is 19.5 Å². The minimum Gasteiger partial charge on any atom is -0.297 e. The van der Waals surface area contributed by atoms with Crippen LogP contribution in [0.25, 0.3) is 0 Å². The van der Waals surface area contributed by atoms with Crippen molar-refractivity contribution in [3.63, 3.8) is 0 Å². The van der Waals surface area contributed by atoms with Gasteiger partial charge in [0.25, 0.3) is 0 Å². The lowest BCUT2D eigenvalue weighted by Gasteiger charge is -2.38. The van der Waals surface area contributed by atoms with Crippen LogP contribution in [0, 0.1) is 11.3 Å². The summed E-state index contributed by atoms with van der Waals surface area (Å²) in [5, 5.41) is 8.86. The number of hydrogen-bond donors (Lipinski definition) is 0. The number of rotatable bonds is 4. The summed E-state index contributed by atoms with van der Waals surface area (Å²) < 4.78 is 0. The van der Waals surface area contributed by atoms with Crippen molar-refractivity contribution in [3.8, 4) is 6.07 Å². The molecule has 0 aromatic heterocycles. The lowest BCUT2D eigenvalue weighted by Crippen LogP contribution is -2.46. The van der Waals surface area contributed by atoms with Crippen molar-refractivity contribution in [2.75, 3.05) is 26.2 Å². The summed E-state index contributed by atoms with van der Waals surface area (Å²) in [7, 11) is 0. The summed E-state index contributed by atoms with van der Waals surface area (Å²) in [6, 6.07) is 21.3. The quantitative estimate of drug-likeness (QED) is 0.867. The van der Waals surface area contributed by atoms with Gasteiger partial charge in [0, 0.05) is 38.8 Å². The van der Waals surface area contributed by atoms with Crippen LogP contribution in [-0.4, -0.2) is 36.0 Å². The highest BCUT2D eigenvalue weighted by molar-refractivity contribution is 5.31. The zero-order valence-electron chi connectivity index (χ0n) is 13.7. The van der Waals surface area contributed by atoms with Crippen molar-refractivity contribution in [1.29, 1.82) is 5.26 Å². The molecule has 23 heavy (non-hydrogen) atoms. The first kappa shape index (κ1) is 15.7. The minimum atomic E-state index is 0.480. The van der Waals surface area contributed by atoms with E-state index in [9.17, 15) is 0 Å². The second-order valence-electron chi connectivity index (χ2n) is 6.21. The molecule has 2 aromatic rings. The highest BCUT2D eigenvalue weighted by atomic mass is 15.3. The second kappa shape index (κ2) is 7.41. The lowest BCUT2D eigenvalue weighted by molar-refractivity contribution is 0.0978. The van der Waals surface area contributed by atoms with Gasteiger partial charge in [0.2, 0.25) is 0 Å². The molecule has 0 saturated carbocycles. The van der Waals surface area contributed by atoms with Crippen molar-refractivity contribution in [1.82, 2.24) is 9.80 Å². The summed E-state index contributed by atoms with van der Waals surface area (Å²) in [4.78, 5) is 5.06. The molecule has 0 bridgehead atoms. The fraction of sp³-hybridized carbons (Fsp3) is 0.350. The van der Waals surface area contributed by atoms with Crippen LogP contribution >= 0.6 is 0 Å². The first-order valence-electron chi connectivity index (χ1n) is 8.26. The Morgan fingerprint density at radius 2 is 1.61 bits per heavy atom. The predicted molar refractivity (Wildman–Crippen MR) is 92.9 cm³/mol. The van der Waals surface area contributed by atoms with Crippen molar-refractivity contribution < 1.29 is 0 Å². The van der Waals surface area contributed by atoms with E-state index in [1.807, 2.05) is 12.1 Å². The molecule has 3 nitrogen and oxygen atoms in total. The maximum atomic E-state index is 8.86. The Kier molecular flexibility index (Phi) is 5.07. The van der Waals surface area contributed by atoms with E-state index in [-0.39, 0.29) is 0 Å². The van der Waals surface area contributed by atoms with Gasteiger partial charge in [-0.1, -0.05) is 42.5 Å². The Morgan fingerprint density at radius 3 is 2.22 bits per heavy atom. The van der Waals surface area contributed by atoms with Gasteiger partial charge < -0.3 is 0 Å². The van der Waals surface area contributed by atoms with Gasteiger partial charge in [0.1, 0.15) is 0 Å². The van der Waals surface area contributed by atoms with Crippen LogP contribution in [-0.2, 0) is 6.54 Å². The van der Waals surface area contributed by atoms with Crippen LogP contribution in [0.15, 0.2) is 54.6 Å². The number of benzene rings is 2. The Hall–Kier alpha value is -2.15. The van der Waals surface area contributed by atoms with E-state index >= 15 is 0 Å². The highest BCUT2D eigenvalue weighted by Crippen LogP contribution is 2.21. The summed E-state index contributed by atoms with van der Waals surface area (Å²) >= 11 is 0. The molecule has 2 aromatic carbocycles. The highest BCUT2D eigenvalue weighted by Gasteiger charge is 2.21. The maximum absolute atomic E-state index is 8.86. The molecule has 0 aliphatic carbocycles. The molecule has 1 aliphatic heterocycles. The topological polar surface area (TPSA) is 30.3 Å². The zero-order chi connectivity index (χ0) is 16.1. The first-order valence-corrected chi connectivity index (χ1v) is 8.26. The van der Waals surface area contributed by atoms with Crippen molar-refractivity contribution >= 4 is 0 Å². The molecule has 1 heterocycles. The number of hydrogen-bond acceptors (Lipinski definition) is 3. The van der Waals surface area contributed by atoms with Crippen LogP contribution in [0.4, 0.5) is 0 Å². The van der Waals surface area contributed by atoms with Crippen LogP contribution in [0.1, 0.15) is 29.7 Å². The fourth-order valence-electron chi connectivity index (χ4n) is 3.19. The molecule has 1 atom stereocenters. The average molecular weight is 305 g/mol. The molecular weight excluding hydrogens is 282 g/mol. The maximum Gasteiger partial charge on any atom is 0.0991 e. The van der Waals surface area contributed by atoms with E-state index in [2.05, 4.69) is 65.3 Å². The number of nitriles is 1. The molecular formula is C20H23N3. The Labute approximate surface area is 138 Å². The van der Waals surface area contributed by atoms with Gasteiger partial charge in [-0.25, -0.2) is 0 Å². The molecule has 1 fully saturated rings. The molecule has 1 saturated heterocycles.